The molecule has 0 saturated carbocycles. The highest BCUT2D eigenvalue weighted by atomic mass is 19.1. The van der Waals surface area contributed by atoms with Crippen molar-refractivity contribution in [3.8, 4) is 17.1 Å². The van der Waals surface area contributed by atoms with Gasteiger partial charge in [-0.3, -0.25) is 19.2 Å². The normalized spacial score (nSPS) is 15.6. The van der Waals surface area contributed by atoms with Crippen LogP contribution in [0.15, 0.2) is 52.4 Å². The molecular formula is C32H34FN9O4. The number of nitrogens with one attached hydrogen (secondary N) is 1. The van der Waals surface area contributed by atoms with Crippen LogP contribution >= 0.6 is 0 Å². The van der Waals surface area contributed by atoms with Crippen LogP contribution in [0.3, 0.4) is 0 Å². The summed E-state index contributed by atoms with van der Waals surface area (Å²) in [5, 5.41) is 22.8. The van der Waals surface area contributed by atoms with E-state index in [4.69, 9.17) is 4.74 Å². The Bertz CT molecular complexity index is 2110. The van der Waals surface area contributed by atoms with Crippen LogP contribution in [0.4, 0.5) is 16.0 Å². The summed E-state index contributed by atoms with van der Waals surface area (Å²) in [6.45, 7) is 9.15. The van der Waals surface area contributed by atoms with Crippen LogP contribution < -0.4 is 16.4 Å². The number of ether oxygens (including phenoxy) is 1. The molecule has 1 saturated heterocycles. The zero-order valence-corrected chi connectivity index (χ0v) is 26.0. The van der Waals surface area contributed by atoms with Crippen molar-refractivity contribution in [1.82, 2.24) is 39.0 Å². The monoisotopic (exact) mass is 627 g/mol. The van der Waals surface area contributed by atoms with Crippen LogP contribution in [-0.4, -0.2) is 69.9 Å². The molecule has 0 radical (unpaired) electrons. The maximum Gasteiger partial charge on any atom is 0.293 e. The average Bonchev–Trinajstić information content (AvgIpc) is 3.39. The van der Waals surface area contributed by atoms with E-state index in [9.17, 15) is 14.7 Å². The number of aliphatic hydroxyl groups excluding tert-OH is 1. The molecule has 4 aromatic heterocycles. The van der Waals surface area contributed by atoms with Crippen LogP contribution in [0.2, 0.25) is 0 Å². The molecule has 7 rings (SSSR count). The SMILES string of the molecule is Cn1cc(-c2ccnc(-n3ncc4cc(C(C)(C)C)cc(F)c4c3=O)c2CO)nc(Nc2cc3n(n2)CCN(C2COC2)C3)c1=O. The summed E-state index contributed by atoms with van der Waals surface area (Å²) in [5.74, 6) is -0.101. The zero-order chi connectivity index (χ0) is 32.3. The fourth-order valence-electron chi connectivity index (χ4n) is 5.91. The maximum atomic E-state index is 15.3. The summed E-state index contributed by atoms with van der Waals surface area (Å²) >= 11 is 0. The molecule has 1 aromatic carbocycles. The van der Waals surface area contributed by atoms with Gasteiger partial charge in [0.2, 0.25) is 0 Å². The van der Waals surface area contributed by atoms with E-state index in [-0.39, 0.29) is 33.6 Å². The van der Waals surface area contributed by atoms with Gasteiger partial charge in [-0.2, -0.15) is 14.9 Å². The quantitative estimate of drug-likeness (QED) is 0.288. The Labute approximate surface area is 262 Å². The third kappa shape index (κ3) is 5.17. The fourth-order valence-corrected chi connectivity index (χ4v) is 5.91. The molecule has 1 fully saturated rings. The molecular weight excluding hydrogens is 593 g/mol. The molecule has 238 valence electrons. The number of rotatable bonds is 6. The highest BCUT2D eigenvalue weighted by Gasteiger charge is 2.30. The Morgan fingerprint density at radius 1 is 1.13 bits per heavy atom. The zero-order valence-electron chi connectivity index (χ0n) is 26.0. The maximum absolute atomic E-state index is 15.3. The van der Waals surface area contributed by atoms with Gasteiger partial charge in [0.15, 0.2) is 17.5 Å². The van der Waals surface area contributed by atoms with E-state index in [0.717, 1.165) is 48.8 Å². The Hall–Kier alpha value is -4.79. The molecule has 2 aliphatic heterocycles. The van der Waals surface area contributed by atoms with Crippen molar-refractivity contribution in [2.24, 2.45) is 7.05 Å². The van der Waals surface area contributed by atoms with Gasteiger partial charge in [-0.15, -0.1) is 0 Å². The second kappa shape index (κ2) is 11.2. The smallest absolute Gasteiger partial charge is 0.293 e. The number of aliphatic hydroxyl groups is 1. The lowest BCUT2D eigenvalue weighted by Gasteiger charge is -2.39. The lowest BCUT2D eigenvalue weighted by Crippen LogP contribution is -2.51. The molecule has 2 N–H and O–H groups in total. The summed E-state index contributed by atoms with van der Waals surface area (Å²) in [6, 6.07) is 7.07. The molecule has 0 bridgehead atoms. The van der Waals surface area contributed by atoms with Crippen LogP contribution in [0.1, 0.15) is 37.6 Å². The van der Waals surface area contributed by atoms with Crippen molar-refractivity contribution in [2.75, 3.05) is 25.1 Å². The van der Waals surface area contributed by atoms with Gasteiger partial charge in [-0.05, 0) is 29.2 Å². The topological polar surface area (TPSA) is 145 Å². The van der Waals surface area contributed by atoms with Gasteiger partial charge >= 0.3 is 0 Å². The lowest BCUT2D eigenvalue weighted by molar-refractivity contribution is -0.0735. The van der Waals surface area contributed by atoms with Gasteiger partial charge < -0.3 is 19.7 Å². The first kappa shape index (κ1) is 29.9. The van der Waals surface area contributed by atoms with Gasteiger partial charge in [-0.25, -0.2) is 14.4 Å². The number of pyridine rings is 1. The van der Waals surface area contributed by atoms with Gasteiger partial charge in [-0.1, -0.05) is 20.8 Å². The number of nitrogens with zero attached hydrogens (tertiary/aromatic N) is 8. The van der Waals surface area contributed by atoms with E-state index in [1.165, 1.54) is 29.2 Å². The molecule has 0 aliphatic carbocycles. The van der Waals surface area contributed by atoms with Crippen molar-refractivity contribution >= 4 is 22.4 Å². The third-order valence-corrected chi connectivity index (χ3v) is 8.65. The van der Waals surface area contributed by atoms with Crippen molar-refractivity contribution in [1.29, 1.82) is 0 Å². The van der Waals surface area contributed by atoms with Crippen molar-refractivity contribution in [2.45, 2.75) is 51.9 Å². The van der Waals surface area contributed by atoms with E-state index in [1.54, 1.807) is 19.2 Å². The Morgan fingerprint density at radius 2 is 1.93 bits per heavy atom. The Kier molecular flexibility index (Phi) is 7.30. The summed E-state index contributed by atoms with van der Waals surface area (Å²) < 4.78 is 25.0. The van der Waals surface area contributed by atoms with Gasteiger partial charge in [0.05, 0.1) is 55.4 Å². The number of benzene rings is 1. The van der Waals surface area contributed by atoms with Crippen LogP contribution in [0.25, 0.3) is 27.8 Å². The number of hydrogen-bond donors (Lipinski definition) is 2. The third-order valence-electron chi connectivity index (χ3n) is 8.65. The molecule has 2 aliphatic rings. The number of halogens is 1. The molecule has 0 unspecified atom stereocenters. The second-order valence-electron chi connectivity index (χ2n) is 12.8. The average molecular weight is 628 g/mol. The van der Waals surface area contributed by atoms with Crippen LogP contribution in [-0.2, 0) is 36.9 Å². The first-order chi connectivity index (χ1) is 22.0. The molecule has 6 heterocycles. The van der Waals surface area contributed by atoms with E-state index < -0.39 is 18.0 Å². The highest BCUT2D eigenvalue weighted by Crippen LogP contribution is 2.29. The van der Waals surface area contributed by atoms with Gasteiger partial charge in [0.1, 0.15) is 5.82 Å². The molecule has 0 atom stereocenters. The fraction of sp³-hybridized carbons (Fsp3) is 0.375. The minimum absolute atomic E-state index is 0.0274. The van der Waals surface area contributed by atoms with E-state index in [1.807, 2.05) is 31.5 Å². The molecule has 0 amide bonds. The number of anilines is 2. The number of hydrogen-bond acceptors (Lipinski definition) is 10. The summed E-state index contributed by atoms with van der Waals surface area (Å²) in [4.78, 5) is 38.1. The van der Waals surface area contributed by atoms with Crippen LogP contribution in [0.5, 0.6) is 0 Å². The van der Waals surface area contributed by atoms with E-state index in [0.29, 0.717) is 28.5 Å². The predicted molar refractivity (Wildman–Crippen MR) is 169 cm³/mol. The van der Waals surface area contributed by atoms with E-state index >= 15 is 4.39 Å². The number of aromatic nitrogens is 7. The Morgan fingerprint density at radius 3 is 2.65 bits per heavy atom. The number of fused-ring (bicyclic) bond motifs is 2. The second-order valence-corrected chi connectivity index (χ2v) is 12.8. The Balaban J connectivity index is 1.25. The molecule has 0 spiro atoms. The lowest BCUT2D eigenvalue weighted by atomic mass is 9.86. The minimum Gasteiger partial charge on any atom is -0.392 e. The summed E-state index contributed by atoms with van der Waals surface area (Å²) in [6.07, 6.45) is 4.40. The highest BCUT2D eigenvalue weighted by molar-refractivity contribution is 5.82. The first-order valence-electron chi connectivity index (χ1n) is 15.1. The van der Waals surface area contributed by atoms with Gasteiger partial charge in [0, 0.05) is 55.1 Å². The molecule has 14 heteroatoms. The predicted octanol–water partition coefficient (Wildman–Crippen LogP) is 2.62. The van der Waals surface area contributed by atoms with Crippen molar-refractivity contribution in [3.63, 3.8) is 0 Å². The summed E-state index contributed by atoms with van der Waals surface area (Å²) in [5.41, 5.74) is 1.34. The van der Waals surface area contributed by atoms with Crippen molar-refractivity contribution in [3.05, 3.63) is 86.2 Å². The van der Waals surface area contributed by atoms with E-state index in [2.05, 4.69) is 30.4 Å². The summed E-state index contributed by atoms with van der Waals surface area (Å²) in [7, 11) is 1.60. The first-order valence-corrected chi connectivity index (χ1v) is 15.1. The van der Waals surface area contributed by atoms with Gasteiger partial charge in [0.25, 0.3) is 11.1 Å². The molecule has 13 nitrogen and oxygen atoms in total. The molecule has 5 aromatic rings. The standard InChI is InChI=1S/C32H34FN9O4/c1-32(2,3)19-9-18-12-35-42(30(44)27(18)24(33)10-19)29-23(15-43)22(5-6-34-29)25-14-39(4)31(45)28(36-25)37-26-11-20-13-40(21-16-46-17-21)7-8-41(20)38-26/h5-6,9-12,14,21,43H,7-8,13,15-17H2,1-4H3,(H,36,37,38). The largest absolute Gasteiger partial charge is 0.392 e. The minimum atomic E-state index is -0.710. The van der Waals surface area contributed by atoms with Crippen molar-refractivity contribution < 1.29 is 14.2 Å². The molecule has 46 heavy (non-hydrogen) atoms. The number of aryl methyl sites for hydroxylation is 1. The van der Waals surface area contributed by atoms with Crippen LogP contribution in [0, 0.1) is 5.82 Å².